The molecule has 1 aromatic rings. The molecule has 19 heavy (non-hydrogen) atoms. The molecule has 5 nitrogen and oxygen atoms in total. The molecule has 0 spiro atoms. The predicted molar refractivity (Wildman–Crippen MR) is 74.0 cm³/mol. The van der Waals surface area contributed by atoms with Crippen molar-refractivity contribution in [3.05, 3.63) is 27.7 Å². The van der Waals surface area contributed by atoms with Gasteiger partial charge in [0.15, 0.2) is 9.84 Å². The first-order valence-corrected chi connectivity index (χ1v) is 7.66. The standard InChI is InChI=1S/C11H13Cl2NO4S/c1-14(2)3-4-19(17,18)9-6-7(12)5-8(10(9)13)11(15)16/h5-6H,3-4H2,1-2H3,(H,15,16). The van der Waals surface area contributed by atoms with Crippen molar-refractivity contribution in [1.29, 1.82) is 0 Å². The molecule has 0 aromatic heterocycles. The molecule has 0 fully saturated rings. The average molecular weight is 326 g/mol. The van der Waals surface area contributed by atoms with E-state index in [1.807, 2.05) is 0 Å². The van der Waals surface area contributed by atoms with Crippen LogP contribution in [0.5, 0.6) is 0 Å². The van der Waals surface area contributed by atoms with Gasteiger partial charge in [0.1, 0.15) is 0 Å². The molecule has 1 aromatic carbocycles. The van der Waals surface area contributed by atoms with E-state index in [0.717, 1.165) is 6.07 Å². The summed E-state index contributed by atoms with van der Waals surface area (Å²) in [7, 11) is -0.218. The van der Waals surface area contributed by atoms with Gasteiger partial charge < -0.3 is 10.0 Å². The lowest BCUT2D eigenvalue weighted by molar-refractivity contribution is 0.0697. The van der Waals surface area contributed by atoms with Crippen LogP contribution < -0.4 is 0 Å². The lowest BCUT2D eigenvalue weighted by Crippen LogP contribution is -2.22. The molecule has 8 heteroatoms. The van der Waals surface area contributed by atoms with Crippen LogP contribution in [0.25, 0.3) is 0 Å². The number of hydrogen-bond acceptors (Lipinski definition) is 4. The van der Waals surface area contributed by atoms with E-state index in [0.29, 0.717) is 6.54 Å². The number of aromatic carboxylic acids is 1. The number of carbonyl (C=O) groups is 1. The van der Waals surface area contributed by atoms with Crippen molar-refractivity contribution in [2.45, 2.75) is 4.90 Å². The largest absolute Gasteiger partial charge is 0.478 e. The lowest BCUT2D eigenvalue weighted by atomic mass is 10.2. The number of sulfone groups is 1. The number of nitrogens with zero attached hydrogens (tertiary/aromatic N) is 1. The van der Waals surface area contributed by atoms with E-state index < -0.39 is 15.8 Å². The Morgan fingerprint density at radius 3 is 2.37 bits per heavy atom. The number of carboxylic acid groups (broad SMARTS) is 1. The maximum atomic E-state index is 12.1. The van der Waals surface area contributed by atoms with Gasteiger partial charge in [0.25, 0.3) is 0 Å². The summed E-state index contributed by atoms with van der Waals surface area (Å²) in [6, 6.07) is 2.29. The first-order chi connectivity index (χ1) is 8.65. The molecule has 0 saturated heterocycles. The molecular formula is C11H13Cl2NO4S. The Morgan fingerprint density at radius 2 is 1.89 bits per heavy atom. The first-order valence-electron chi connectivity index (χ1n) is 5.25. The van der Waals surface area contributed by atoms with E-state index >= 15 is 0 Å². The molecule has 0 heterocycles. The van der Waals surface area contributed by atoms with Crippen LogP contribution in [-0.2, 0) is 9.84 Å². The maximum absolute atomic E-state index is 12.1. The van der Waals surface area contributed by atoms with Crippen molar-refractivity contribution in [3.63, 3.8) is 0 Å². The maximum Gasteiger partial charge on any atom is 0.337 e. The molecule has 1 N–H and O–H groups in total. The number of hydrogen-bond donors (Lipinski definition) is 1. The number of benzene rings is 1. The number of halogens is 2. The van der Waals surface area contributed by atoms with Gasteiger partial charge in [-0.05, 0) is 26.2 Å². The third kappa shape index (κ3) is 4.07. The van der Waals surface area contributed by atoms with E-state index in [9.17, 15) is 13.2 Å². The summed E-state index contributed by atoms with van der Waals surface area (Å²) in [5, 5.41) is 8.66. The van der Waals surface area contributed by atoms with Crippen LogP contribution in [-0.4, -0.2) is 50.8 Å². The topological polar surface area (TPSA) is 74.7 Å². The van der Waals surface area contributed by atoms with Crippen molar-refractivity contribution in [2.75, 3.05) is 26.4 Å². The fourth-order valence-electron chi connectivity index (χ4n) is 1.36. The smallest absolute Gasteiger partial charge is 0.337 e. The minimum atomic E-state index is -3.69. The van der Waals surface area contributed by atoms with Gasteiger partial charge in [-0.3, -0.25) is 0 Å². The Morgan fingerprint density at radius 1 is 1.32 bits per heavy atom. The normalized spacial score (nSPS) is 11.8. The second-order valence-corrected chi connectivity index (χ2v) is 7.08. The molecule has 106 valence electrons. The van der Waals surface area contributed by atoms with Crippen LogP contribution in [0.4, 0.5) is 0 Å². The third-order valence-electron chi connectivity index (χ3n) is 2.38. The minimum absolute atomic E-state index is 0.0187. The van der Waals surface area contributed by atoms with Crippen molar-refractivity contribution < 1.29 is 18.3 Å². The molecule has 0 atom stereocenters. The molecule has 0 aliphatic heterocycles. The van der Waals surface area contributed by atoms with Crippen molar-refractivity contribution in [2.24, 2.45) is 0 Å². The summed E-state index contributed by atoms with van der Waals surface area (Å²) in [5.74, 6) is -1.49. The highest BCUT2D eigenvalue weighted by Crippen LogP contribution is 2.30. The van der Waals surface area contributed by atoms with Gasteiger partial charge in [0.2, 0.25) is 0 Å². The Labute approximate surface area is 121 Å². The van der Waals surface area contributed by atoms with Gasteiger partial charge in [-0.2, -0.15) is 0 Å². The fourth-order valence-corrected chi connectivity index (χ4v) is 3.70. The highest BCUT2D eigenvalue weighted by atomic mass is 35.5. The van der Waals surface area contributed by atoms with Crippen LogP contribution in [0.2, 0.25) is 10.0 Å². The van der Waals surface area contributed by atoms with Gasteiger partial charge in [-0.25, -0.2) is 13.2 Å². The van der Waals surface area contributed by atoms with E-state index in [4.69, 9.17) is 28.3 Å². The Balaban J connectivity index is 3.31. The molecule has 0 radical (unpaired) electrons. The SMILES string of the molecule is CN(C)CCS(=O)(=O)c1cc(Cl)cc(C(=O)O)c1Cl. The van der Waals surface area contributed by atoms with Crippen LogP contribution >= 0.6 is 23.2 Å². The molecule has 0 bridgehead atoms. The van der Waals surface area contributed by atoms with Gasteiger partial charge in [0, 0.05) is 11.6 Å². The monoisotopic (exact) mass is 325 g/mol. The van der Waals surface area contributed by atoms with Crippen LogP contribution in [0, 0.1) is 0 Å². The fraction of sp³-hybridized carbons (Fsp3) is 0.364. The van der Waals surface area contributed by atoms with Gasteiger partial charge in [-0.15, -0.1) is 0 Å². The predicted octanol–water partition coefficient (Wildman–Crippen LogP) is 2.03. The zero-order chi connectivity index (χ0) is 14.8. The van der Waals surface area contributed by atoms with Crippen LogP contribution in [0.3, 0.4) is 0 Å². The molecular weight excluding hydrogens is 313 g/mol. The molecule has 0 unspecified atom stereocenters. The summed E-state index contributed by atoms with van der Waals surface area (Å²) in [4.78, 5) is 12.4. The average Bonchev–Trinajstić information content (AvgIpc) is 2.28. The lowest BCUT2D eigenvalue weighted by Gasteiger charge is -2.12. The summed E-state index contributed by atoms with van der Waals surface area (Å²) in [5.41, 5.74) is -0.322. The molecule has 0 aliphatic carbocycles. The van der Waals surface area contributed by atoms with E-state index in [1.165, 1.54) is 6.07 Å². The molecule has 0 amide bonds. The summed E-state index contributed by atoms with van der Waals surface area (Å²) in [6.45, 7) is 0.299. The Kier molecular flexibility index (Phi) is 5.20. The van der Waals surface area contributed by atoms with Crippen molar-refractivity contribution >= 4 is 39.0 Å². The number of rotatable bonds is 5. The van der Waals surface area contributed by atoms with E-state index in [1.54, 1.807) is 19.0 Å². The van der Waals surface area contributed by atoms with Crippen molar-refractivity contribution in [1.82, 2.24) is 4.90 Å². The van der Waals surface area contributed by atoms with Crippen molar-refractivity contribution in [3.8, 4) is 0 Å². The van der Waals surface area contributed by atoms with E-state index in [2.05, 4.69) is 0 Å². The summed E-state index contributed by atoms with van der Waals surface area (Å²) >= 11 is 11.6. The Bertz CT molecular complexity index is 599. The molecule has 0 saturated carbocycles. The second-order valence-electron chi connectivity index (χ2n) is 4.19. The highest BCUT2D eigenvalue weighted by Gasteiger charge is 2.23. The zero-order valence-corrected chi connectivity index (χ0v) is 12.7. The zero-order valence-electron chi connectivity index (χ0n) is 10.4. The van der Waals surface area contributed by atoms with Crippen LogP contribution in [0.15, 0.2) is 17.0 Å². The van der Waals surface area contributed by atoms with E-state index in [-0.39, 0.29) is 26.3 Å². The third-order valence-corrected chi connectivity index (χ3v) is 4.83. The van der Waals surface area contributed by atoms with Crippen LogP contribution in [0.1, 0.15) is 10.4 Å². The highest BCUT2D eigenvalue weighted by molar-refractivity contribution is 7.91. The summed E-state index contributed by atoms with van der Waals surface area (Å²) in [6.07, 6.45) is 0. The minimum Gasteiger partial charge on any atom is -0.478 e. The van der Waals surface area contributed by atoms with Gasteiger partial charge >= 0.3 is 5.97 Å². The molecule has 1 rings (SSSR count). The van der Waals surface area contributed by atoms with Gasteiger partial charge in [0.05, 0.1) is 21.2 Å². The quantitative estimate of drug-likeness (QED) is 0.896. The first kappa shape index (κ1) is 16.2. The Hall–Kier alpha value is -0.820. The summed E-state index contributed by atoms with van der Waals surface area (Å²) < 4.78 is 24.2. The van der Waals surface area contributed by atoms with Gasteiger partial charge in [-0.1, -0.05) is 23.2 Å². The molecule has 0 aliphatic rings. The second kappa shape index (κ2) is 6.09. The number of carboxylic acids is 1.